The molecule has 0 aliphatic rings. The smallest absolute Gasteiger partial charge is 0.147 e. The molecule has 0 heterocycles. The highest BCUT2D eigenvalue weighted by atomic mass is 32.2. The Balaban J connectivity index is 1.92. The van der Waals surface area contributed by atoms with Crippen LogP contribution in [0.15, 0.2) is 47.4 Å². The molecule has 0 aliphatic carbocycles. The second-order valence-corrected chi connectivity index (χ2v) is 6.37. The Hall–Kier alpha value is -1.54. The van der Waals surface area contributed by atoms with E-state index >= 15 is 0 Å². The second kappa shape index (κ2) is 6.76. The molecular formula is C18H20OS. The van der Waals surface area contributed by atoms with Crippen molar-refractivity contribution in [3.05, 3.63) is 64.7 Å². The molecular weight excluding hydrogens is 264 g/mol. The highest BCUT2D eigenvalue weighted by Crippen LogP contribution is 2.19. The quantitative estimate of drug-likeness (QED) is 0.751. The molecule has 1 nitrogen and oxygen atoms in total. The van der Waals surface area contributed by atoms with Crippen LogP contribution in [0.3, 0.4) is 0 Å². The zero-order chi connectivity index (χ0) is 14.5. The molecule has 2 heteroatoms. The van der Waals surface area contributed by atoms with E-state index in [1.54, 1.807) is 11.8 Å². The van der Waals surface area contributed by atoms with Crippen molar-refractivity contribution < 1.29 is 4.79 Å². The summed E-state index contributed by atoms with van der Waals surface area (Å²) in [4.78, 5) is 13.2. The molecule has 0 bridgehead atoms. The number of thioether (sulfide) groups is 1. The van der Waals surface area contributed by atoms with Crippen molar-refractivity contribution in [3.63, 3.8) is 0 Å². The molecule has 0 aromatic heterocycles. The average molecular weight is 284 g/mol. The lowest BCUT2D eigenvalue weighted by Crippen LogP contribution is -2.06. The molecule has 2 aromatic carbocycles. The van der Waals surface area contributed by atoms with Gasteiger partial charge in [0, 0.05) is 11.3 Å². The maximum absolute atomic E-state index is 12.1. The summed E-state index contributed by atoms with van der Waals surface area (Å²) >= 11 is 1.62. The lowest BCUT2D eigenvalue weighted by Gasteiger charge is -2.05. The maximum atomic E-state index is 12.1. The number of rotatable bonds is 5. The first-order chi connectivity index (χ1) is 9.52. The van der Waals surface area contributed by atoms with Crippen LogP contribution in [0.25, 0.3) is 0 Å². The van der Waals surface area contributed by atoms with Gasteiger partial charge in [-0.25, -0.2) is 0 Å². The van der Waals surface area contributed by atoms with Gasteiger partial charge in [0.25, 0.3) is 0 Å². The van der Waals surface area contributed by atoms with Crippen LogP contribution in [0, 0.1) is 20.8 Å². The molecule has 0 radical (unpaired) electrons. The van der Waals surface area contributed by atoms with E-state index in [-0.39, 0.29) is 5.78 Å². The molecule has 0 fully saturated rings. The molecule has 0 amide bonds. The Labute approximate surface area is 125 Å². The van der Waals surface area contributed by atoms with Crippen molar-refractivity contribution >= 4 is 17.5 Å². The lowest BCUT2D eigenvalue weighted by molar-refractivity contribution is -0.116. The van der Waals surface area contributed by atoms with Gasteiger partial charge in [0.15, 0.2) is 0 Å². The molecule has 0 saturated carbocycles. The van der Waals surface area contributed by atoms with Crippen molar-refractivity contribution in [2.24, 2.45) is 0 Å². The van der Waals surface area contributed by atoms with Gasteiger partial charge in [-0.3, -0.25) is 4.79 Å². The van der Waals surface area contributed by atoms with Gasteiger partial charge in [0.05, 0.1) is 5.75 Å². The van der Waals surface area contributed by atoms with Crippen molar-refractivity contribution in [3.8, 4) is 0 Å². The Morgan fingerprint density at radius 1 is 0.950 bits per heavy atom. The maximum Gasteiger partial charge on any atom is 0.147 e. The monoisotopic (exact) mass is 284 g/mol. The SMILES string of the molecule is Cc1cc(C)cc(CC(=O)CSc2cccc(C)c2)c1. The van der Waals surface area contributed by atoms with E-state index in [2.05, 4.69) is 57.2 Å². The molecule has 2 aromatic rings. The number of Topliss-reactive ketones (excluding diaryl/α,β-unsaturated/α-hetero) is 1. The van der Waals surface area contributed by atoms with Gasteiger partial charge in [-0.15, -0.1) is 11.8 Å². The number of hydrogen-bond acceptors (Lipinski definition) is 2. The fourth-order valence-corrected chi connectivity index (χ4v) is 3.19. The zero-order valence-corrected chi connectivity index (χ0v) is 13.1. The van der Waals surface area contributed by atoms with E-state index < -0.39 is 0 Å². The summed E-state index contributed by atoms with van der Waals surface area (Å²) < 4.78 is 0. The standard InChI is InChI=1S/C18H20OS/c1-13-5-4-6-18(10-13)20-12-17(19)11-16-8-14(2)7-15(3)9-16/h4-10H,11-12H2,1-3H3. The first-order valence-electron chi connectivity index (χ1n) is 6.81. The predicted octanol–water partition coefficient (Wildman–Crippen LogP) is 4.52. The Kier molecular flexibility index (Phi) is 5.02. The fourth-order valence-electron chi connectivity index (χ4n) is 2.32. The summed E-state index contributed by atoms with van der Waals surface area (Å²) in [6, 6.07) is 14.6. The number of carbonyl (C=O) groups excluding carboxylic acids is 1. The third-order valence-electron chi connectivity index (χ3n) is 3.07. The van der Waals surface area contributed by atoms with Crippen LogP contribution in [0.4, 0.5) is 0 Å². The van der Waals surface area contributed by atoms with E-state index in [0.717, 1.165) is 5.56 Å². The van der Waals surface area contributed by atoms with Crippen LogP contribution in [0.2, 0.25) is 0 Å². The Morgan fingerprint density at radius 2 is 1.65 bits per heavy atom. The van der Waals surface area contributed by atoms with Crippen molar-refractivity contribution in [1.82, 2.24) is 0 Å². The van der Waals surface area contributed by atoms with Gasteiger partial charge in [-0.05, 0) is 38.5 Å². The molecule has 20 heavy (non-hydrogen) atoms. The highest BCUT2D eigenvalue weighted by molar-refractivity contribution is 8.00. The molecule has 104 valence electrons. The van der Waals surface area contributed by atoms with Gasteiger partial charge < -0.3 is 0 Å². The summed E-state index contributed by atoms with van der Waals surface area (Å²) in [7, 11) is 0. The van der Waals surface area contributed by atoms with E-state index in [4.69, 9.17) is 0 Å². The van der Waals surface area contributed by atoms with Crippen molar-refractivity contribution in [2.75, 3.05) is 5.75 Å². The minimum Gasteiger partial charge on any atom is -0.298 e. The molecule has 0 unspecified atom stereocenters. The minimum absolute atomic E-state index is 0.279. The summed E-state index contributed by atoms with van der Waals surface area (Å²) in [5.41, 5.74) is 4.80. The summed E-state index contributed by atoms with van der Waals surface area (Å²) in [6.45, 7) is 6.21. The summed E-state index contributed by atoms with van der Waals surface area (Å²) in [5, 5.41) is 0. The molecule has 0 N–H and O–H groups in total. The average Bonchev–Trinajstić information content (AvgIpc) is 2.35. The van der Waals surface area contributed by atoms with E-state index in [0.29, 0.717) is 12.2 Å². The fraction of sp³-hybridized carbons (Fsp3) is 0.278. The van der Waals surface area contributed by atoms with Crippen LogP contribution in [0.5, 0.6) is 0 Å². The minimum atomic E-state index is 0.279. The lowest BCUT2D eigenvalue weighted by atomic mass is 10.0. The van der Waals surface area contributed by atoms with Crippen molar-refractivity contribution in [1.29, 1.82) is 0 Å². The van der Waals surface area contributed by atoms with Crippen molar-refractivity contribution in [2.45, 2.75) is 32.1 Å². The van der Waals surface area contributed by atoms with Crippen LogP contribution in [0.1, 0.15) is 22.3 Å². The van der Waals surface area contributed by atoms with E-state index in [1.807, 2.05) is 6.07 Å². The molecule has 0 aliphatic heterocycles. The first-order valence-corrected chi connectivity index (χ1v) is 7.80. The van der Waals surface area contributed by atoms with Gasteiger partial charge >= 0.3 is 0 Å². The third kappa shape index (κ3) is 4.53. The Bertz CT molecular complexity index is 596. The third-order valence-corrected chi connectivity index (χ3v) is 4.13. The molecule has 0 atom stereocenters. The van der Waals surface area contributed by atoms with E-state index in [9.17, 15) is 4.79 Å². The summed E-state index contributed by atoms with van der Waals surface area (Å²) in [5.74, 6) is 0.817. The predicted molar refractivity (Wildman–Crippen MR) is 86.5 cm³/mol. The second-order valence-electron chi connectivity index (χ2n) is 5.32. The molecule has 0 spiro atoms. The Morgan fingerprint density at radius 3 is 2.30 bits per heavy atom. The van der Waals surface area contributed by atoms with Crippen LogP contribution in [-0.2, 0) is 11.2 Å². The molecule has 2 rings (SSSR count). The first kappa shape index (κ1) is 14.9. The van der Waals surface area contributed by atoms with Gasteiger partial charge in [-0.2, -0.15) is 0 Å². The number of carbonyl (C=O) groups is 1. The van der Waals surface area contributed by atoms with E-state index in [1.165, 1.54) is 21.6 Å². The zero-order valence-electron chi connectivity index (χ0n) is 12.3. The largest absolute Gasteiger partial charge is 0.298 e. The van der Waals surface area contributed by atoms with Crippen LogP contribution >= 0.6 is 11.8 Å². The van der Waals surface area contributed by atoms with Gasteiger partial charge in [0.1, 0.15) is 5.78 Å². The van der Waals surface area contributed by atoms with Crippen LogP contribution < -0.4 is 0 Å². The number of benzene rings is 2. The number of ketones is 1. The molecule has 0 saturated heterocycles. The van der Waals surface area contributed by atoms with Gasteiger partial charge in [-0.1, -0.05) is 47.0 Å². The number of hydrogen-bond donors (Lipinski definition) is 0. The van der Waals surface area contributed by atoms with Crippen LogP contribution in [-0.4, -0.2) is 11.5 Å². The normalized spacial score (nSPS) is 10.6. The highest BCUT2D eigenvalue weighted by Gasteiger charge is 2.06. The topological polar surface area (TPSA) is 17.1 Å². The summed E-state index contributed by atoms with van der Waals surface area (Å²) in [6.07, 6.45) is 0.529. The van der Waals surface area contributed by atoms with Gasteiger partial charge in [0.2, 0.25) is 0 Å². The number of aryl methyl sites for hydroxylation is 3.